The van der Waals surface area contributed by atoms with Crippen LogP contribution < -0.4 is 5.06 Å². The largest absolute Gasteiger partial charge is 0.629 e. The van der Waals surface area contributed by atoms with Gasteiger partial charge in [0, 0.05) is 12.1 Å². The maximum absolute atomic E-state index is 11.1. The van der Waals surface area contributed by atoms with Gasteiger partial charge in [-0.15, -0.1) is 0 Å². The van der Waals surface area contributed by atoms with Crippen molar-refractivity contribution in [2.75, 3.05) is 14.2 Å². The summed E-state index contributed by atoms with van der Waals surface area (Å²) in [4.78, 5) is 19.6. The Morgan fingerprint density at radius 1 is 1.36 bits per heavy atom. The lowest BCUT2D eigenvalue weighted by atomic mass is 10.2. The van der Waals surface area contributed by atoms with Gasteiger partial charge in [-0.3, -0.25) is 4.89 Å². The Morgan fingerprint density at radius 2 is 1.93 bits per heavy atom. The fourth-order valence-electron chi connectivity index (χ4n) is 0.965. The van der Waals surface area contributed by atoms with Crippen LogP contribution in [0.5, 0.6) is 0 Å². The quantitative estimate of drug-likeness (QED) is 0.549. The standard InChI is InChI=1S/C9H11NO4/c1-10(12)8-5-3-7(4-6-8)9(11)14-13-2/h3-6,10H,1-2H3. The topological polar surface area (TPSA) is 63.0 Å². The van der Waals surface area contributed by atoms with Crippen molar-refractivity contribution in [1.29, 1.82) is 0 Å². The summed E-state index contributed by atoms with van der Waals surface area (Å²) in [6.07, 6.45) is 0. The second-order valence-corrected chi connectivity index (χ2v) is 2.67. The van der Waals surface area contributed by atoms with Crippen LogP contribution in [0, 0.1) is 5.21 Å². The van der Waals surface area contributed by atoms with Crippen LogP contribution in [0.3, 0.4) is 0 Å². The van der Waals surface area contributed by atoms with Crippen molar-refractivity contribution in [1.82, 2.24) is 0 Å². The number of rotatable bonds is 3. The van der Waals surface area contributed by atoms with Crippen LogP contribution in [0.4, 0.5) is 5.69 Å². The molecule has 0 heterocycles. The van der Waals surface area contributed by atoms with Gasteiger partial charge in [-0.25, -0.2) is 4.79 Å². The van der Waals surface area contributed by atoms with Gasteiger partial charge in [0.05, 0.1) is 19.7 Å². The molecule has 0 saturated carbocycles. The Morgan fingerprint density at radius 3 is 2.36 bits per heavy atom. The van der Waals surface area contributed by atoms with Crippen LogP contribution in [0.15, 0.2) is 24.3 Å². The molecule has 0 fully saturated rings. The number of hydrogen-bond donors (Lipinski definition) is 1. The van der Waals surface area contributed by atoms with Gasteiger partial charge in [-0.1, -0.05) is 0 Å². The molecular weight excluding hydrogens is 186 g/mol. The fourth-order valence-corrected chi connectivity index (χ4v) is 0.965. The Hall–Kier alpha value is -1.43. The molecule has 1 atom stereocenters. The van der Waals surface area contributed by atoms with Gasteiger partial charge >= 0.3 is 5.97 Å². The number of nitrogens with one attached hydrogen (secondary N) is 1. The maximum atomic E-state index is 11.1. The third-order valence-electron chi connectivity index (χ3n) is 1.69. The van der Waals surface area contributed by atoms with Crippen molar-refractivity contribution < 1.29 is 19.6 Å². The molecule has 0 amide bonds. The van der Waals surface area contributed by atoms with Gasteiger partial charge in [0.2, 0.25) is 0 Å². The van der Waals surface area contributed by atoms with E-state index in [1.165, 1.54) is 26.3 Å². The van der Waals surface area contributed by atoms with Crippen molar-refractivity contribution in [3.8, 4) is 0 Å². The minimum absolute atomic E-state index is 0.0448. The van der Waals surface area contributed by atoms with E-state index >= 15 is 0 Å². The normalized spacial score (nSPS) is 12.2. The summed E-state index contributed by atoms with van der Waals surface area (Å²) in [6, 6.07) is 6.15. The van der Waals surface area contributed by atoms with Crippen molar-refractivity contribution >= 4 is 11.7 Å². The number of hydrogen-bond acceptors (Lipinski definition) is 4. The van der Waals surface area contributed by atoms with Crippen molar-refractivity contribution in [2.45, 2.75) is 0 Å². The fraction of sp³-hybridized carbons (Fsp3) is 0.222. The van der Waals surface area contributed by atoms with Gasteiger partial charge in [-0.2, -0.15) is 4.89 Å². The Balaban J connectivity index is 2.78. The van der Waals surface area contributed by atoms with Crippen LogP contribution in [0.25, 0.3) is 0 Å². The SMILES string of the molecule is COOC(=O)c1ccc([NH+](C)[O-])cc1. The number of benzene rings is 1. The van der Waals surface area contributed by atoms with E-state index in [-0.39, 0.29) is 5.06 Å². The molecule has 1 aromatic carbocycles. The van der Waals surface area contributed by atoms with Gasteiger partial charge in [0.25, 0.3) is 0 Å². The highest BCUT2D eigenvalue weighted by atomic mass is 17.2. The average Bonchev–Trinajstić information content (AvgIpc) is 2.18. The molecule has 0 aliphatic heterocycles. The van der Waals surface area contributed by atoms with E-state index in [1.807, 2.05) is 0 Å². The molecule has 0 bridgehead atoms. The summed E-state index contributed by atoms with van der Waals surface area (Å²) in [7, 11) is 2.71. The first-order valence-corrected chi connectivity index (χ1v) is 4.01. The molecular formula is C9H11NO4. The van der Waals surface area contributed by atoms with Crippen molar-refractivity contribution in [2.24, 2.45) is 0 Å². The lowest BCUT2D eigenvalue weighted by Gasteiger charge is -2.15. The molecule has 5 heteroatoms. The smallest absolute Gasteiger partial charge is 0.373 e. The molecule has 1 rings (SSSR count). The van der Waals surface area contributed by atoms with Gasteiger partial charge in [-0.05, 0) is 12.1 Å². The predicted molar refractivity (Wildman–Crippen MR) is 48.8 cm³/mol. The van der Waals surface area contributed by atoms with Gasteiger partial charge in [0.1, 0.15) is 5.69 Å². The zero-order valence-corrected chi connectivity index (χ0v) is 7.94. The van der Waals surface area contributed by atoms with Crippen LogP contribution in [0.1, 0.15) is 10.4 Å². The first-order valence-electron chi connectivity index (χ1n) is 4.01. The predicted octanol–water partition coefficient (Wildman–Crippen LogP) is 0.0488. The summed E-state index contributed by atoms with van der Waals surface area (Å²) >= 11 is 0. The minimum Gasteiger partial charge on any atom is -0.629 e. The summed E-state index contributed by atoms with van der Waals surface area (Å²) in [5.41, 5.74) is 0.899. The molecule has 14 heavy (non-hydrogen) atoms. The van der Waals surface area contributed by atoms with Crippen LogP contribution in [0.2, 0.25) is 0 Å². The molecule has 5 nitrogen and oxygen atoms in total. The number of carbonyl (C=O) groups is 1. The van der Waals surface area contributed by atoms with E-state index in [2.05, 4.69) is 9.78 Å². The lowest BCUT2D eigenvalue weighted by molar-refractivity contribution is -0.751. The van der Waals surface area contributed by atoms with Crippen LogP contribution in [-0.4, -0.2) is 20.1 Å². The Bertz CT molecular complexity index is 307. The first-order chi connectivity index (χ1) is 6.65. The number of carbonyl (C=O) groups excluding carboxylic acids is 1. The average molecular weight is 197 g/mol. The molecule has 0 spiro atoms. The summed E-state index contributed by atoms with van der Waals surface area (Å²) in [6.45, 7) is 0. The van der Waals surface area contributed by atoms with E-state index in [9.17, 15) is 10.0 Å². The Labute approximate surface area is 81.4 Å². The number of hydroxylamine groups is 1. The summed E-state index contributed by atoms with van der Waals surface area (Å²) < 4.78 is 0. The van der Waals surface area contributed by atoms with E-state index in [0.29, 0.717) is 11.3 Å². The monoisotopic (exact) mass is 197 g/mol. The van der Waals surface area contributed by atoms with Crippen molar-refractivity contribution in [3.63, 3.8) is 0 Å². The van der Waals surface area contributed by atoms with E-state index in [1.54, 1.807) is 12.1 Å². The maximum Gasteiger partial charge on any atom is 0.373 e. The zero-order chi connectivity index (χ0) is 10.6. The molecule has 1 unspecified atom stereocenters. The third kappa shape index (κ3) is 2.53. The second-order valence-electron chi connectivity index (χ2n) is 2.67. The van der Waals surface area contributed by atoms with Crippen LogP contribution in [-0.2, 0) is 9.78 Å². The molecule has 0 radical (unpaired) electrons. The van der Waals surface area contributed by atoms with Crippen molar-refractivity contribution in [3.05, 3.63) is 35.0 Å². The molecule has 0 saturated heterocycles. The molecule has 0 aliphatic carbocycles. The Kier molecular flexibility index (Phi) is 3.58. The minimum atomic E-state index is -0.581. The van der Waals surface area contributed by atoms with E-state index in [0.717, 1.165) is 0 Å². The highest BCUT2D eigenvalue weighted by Crippen LogP contribution is 2.06. The first kappa shape index (κ1) is 10.6. The zero-order valence-electron chi connectivity index (χ0n) is 7.94. The lowest BCUT2D eigenvalue weighted by Crippen LogP contribution is -2.98. The second kappa shape index (κ2) is 4.71. The van der Waals surface area contributed by atoms with E-state index < -0.39 is 5.97 Å². The number of quaternary nitrogens is 1. The molecule has 0 aliphatic rings. The van der Waals surface area contributed by atoms with Gasteiger partial charge < -0.3 is 10.3 Å². The third-order valence-corrected chi connectivity index (χ3v) is 1.69. The molecule has 1 N–H and O–H groups in total. The highest BCUT2D eigenvalue weighted by molar-refractivity contribution is 5.89. The molecule has 76 valence electrons. The van der Waals surface area contributed by atoms with E-state index in [4.69, 9.17) is 0 Å². The summed E-state index contributed by atoms with van der Waals surface area (Å²) in [5, 5.41) is 10.9. The summed E-state index contributed by atoms with van der Waals surface area (Å²) in [5.74, 6) is -0.581. The molecule has 0 aromatic heterocycles. The molecule has 1 aromatic rings. The van der Waals surface area contributed by atoms with Crippen LogP contribution >= 0.6 is 0 Å². The van der Waals surface area contributed by atoms with Gasteiger partial charge in [0.15, 0.2) is 0 Å². The highest BCUT2D eigenvalue weighted by Gasteiger charge is 2.07.